The molecule has 0 bridgehead atoms. The van der Waals surface area contributed by atoms with Gasteiger partial charge in [0, 0.05) is 44.0 Å². The van der Waals surface area contributed by atoms with Crippen LogP contribution in [0.2, 0.25) is 0 Å². The van der Waals surface area contributed by atoms with Crippen molar-refractivity contribution in [2.75, 3.05) is 29.0 Å². The number of hydrogen-bond acceptors (Lipinski definition) is 6. The largest absolute Gasteiger partial charge is 0.399 e. The molecule has 0 amide bonds. The first kappa shape index (κ1) is 15.1. The molecule has 1 fully saturated rings. The molecule has 0 aliphatic carbocycles. The maximum absolute atomic E-state index is 11.2. The van der Waals surface area contributed by atoms with Gasteiger partial charge in [0.15, 0.2) is 0 Å². The van der Waals surface area contributed by atoms with E-state index in [4.69, 9.17) is 5.73 Å². The summed E-state index contributed by atoms with van der Waals surface area (Å²) in [7, 11) is 1.91. The van der Waals surface area contributed by atoms with Crippen LogP contribution in [0.4, 0.5) is 22.9 Å². The standard InChI is InChI=1S/C15H20N6O2/c1-19-15(6-7-17-19)20-8-2-3-12(10-20)18-13-9-11(16)4-5-14(13)21(22)23/h4-7,9,12,18H,2-3,8,10,16H2,1H3. The molecular weight excluding hydrogens is 296 g/mol. The third kappa shape index (κ3) is 3.20. The second kappa shape index (κ2) is 6.15. The van der Waals surface area contributed by atoms with E-state index in [0.717, 1.165) is 31.7 Å². The highest BCUT2D eigenvalue weighted by Gasteiger charge is 2.24. The number of benzene rings is 1. The highest BCUT2D eigenvalue weighted by molar-refractivity contribution is 5.67. The van der Waals surface area contributed by atoms with Crippen LogP contribution < -0.4 is 16.0 Å². The van der Waals surface area contributed by atoms with Crippen LogP contribution in [0.15, 0.2) is 30.5 Å². The minimum Gasteiger partial charge on any atom is -0.399 e. The lowest BCUT2D eigenvalue weighted by Gasteiger charge is -2.34. The van der Waals surface area contributed by atoms with E-state index in [2.05, 4.69) is 15.3 Å². The van der Waals surface area contributed by atoms with Gasteiger partial charge in [-0.2, -0.15) is 5.10 Å². The van der Waals surface area contributed by atoms with Gasteiger partial charge < -0.3 is 16.0 Å². The molecule has 122 valence electrons. The predicted molar refractivity (Wildman–Crippen MR) is 89.6 cm³/mol. The van der Waals surface area contributed by atoms with Crippen LogP contribution in [0, 0.1) is 10.1 Å². The first-order valence-electron chi connectivity index (χ1n) is 7.58. The van der Waals surface area contributed by atoms with E-state index in [1.165, 1.54) is 6.07 Å². The molecule has 3 N–H and O–H groups in total. The zero-order chi connectivity index (χ0) is 16.4. The summed E-state index contributed by atoms with van der Waals surface area (Å²) in [5.41, 5.74) is 6.82. The van der Waals surface area contributed by atoms with Crippen LogP contribution >= 0.6 is 0 Å². The van der Waals surface area contributed by atoms with E-state index < -0.39 is 0 Å². The smallest absolute Gasteiger partial charge is 0.292 e. The number of nitrogens with zero attached hydrogens (tertiary/aromatic N) is 4. The molecule has 1 aromatic heterocycles. The molecular formula is C15H20N6O2. The molecule has 1 aliphatic heterocycles. The van der Waals surface area contributed by atoms with Crippen LogP contribution in [0.1, 0.15) is 12.8 Å². The van der Waals surface area contributed by atoms with E-state index >= 15 is 0 Å². The number of aryl methyl sites for hydroxylation is 1. The SMILES string of the molecule is Cn1nccc1N1CCCC(Nc2cc(N)ccc2[N+](=O)[O-])C1. The van der Waals surface area contributed by atoms with Gasteiger partial charge in [0.1, 0.15) is 11.5 Å². The third-order valence-electron chi connectivity index (χ3n) is 4.12. The van der Waals surface area contributed by atoms with Crippen molar-refractivity contribution in [2.45, 2.75) is 18.9 Å². The van der Waals surface area contributed by atoms with Crippen molar-refractivity contribution in [2.24, 2.45) is 7.05 Å². The van der Waals surface area contributed by atoms with Crippen LogP contribution in [0.3, 0.4) is 0 Å². The van der Waals surface area contributed by atoms with Gasteiger partial charge in [0.2, 0.25) is 0 Å². The lowest BCUT2D eigenvalue weighted by atomic mass is 10.0. The average Bonchev–Trinajstić information content (AvgIpc) is 2.93. The van der Waals surface area contributed by atoms with Crippen LogP contribution in [-0.4, -0.2) is 33.8 Å². The molecule has 2 aromatic rings. The Kier molecular flexibility index (Phi) is 4.05. The van der Waals surface area contributed by atoms with Gasteiger partial charge in [-0.25, -0.2) is 0 Å². The summed E-state index contributed by atoms with van der Waals surface area (Å²) in [6.07, 6.45) is 3.74. The van der Waals surface area contributed by atoms with Gasteiger partial charge in [0.25, 0.3) is 5.69 Å². The van der Waals surface area contributed by atoms with Crippen molar-refractivity contribution >= 4 is 22.9 Å². The van der Waals surface area contributed by atoms with Crippen LogP contribution in [0.5, 0.6) is 0 Å². The van der Waals surface area contributed by atoms with Gasteiger partial charge in [-0.1, -0.05) is 0 Å². The summed E-state index contributed by atoms with van der Waals surface area (Å²) in [6, 6.07) is 6.72. The molecule has 8 nitrogen and oxygen atoms in total. The number of aromatic nitrogens is 2. The van der Waals surface area contributed by atoms with Crippen molar-refractivity contribution in [1.29, 1.82) is 0 Å². The second-order valence-corrected chi connectivity index (χ2v) is 5.78. The van der Waals surface area contributed by atoms with Gasteiger partial charge >= 0.3 is 0 Å². The molecule has 8 heteroatoms. The molecule has 1 saturated heterocycles. The number of nitrogen functional groups attached to an aromatic ring is 1. The summed E-state index contributed by atoms with van der Waals surface area (Å²) >= 11 is 0. The molecule has 1 atom stereocenters. The Morgan fingerprint density at radius 3 is 2.96 bits per heavy atom. The minimum atomic E-state index is -0.385. The molecule has 1 aliphatic rings. The summed E-state index contributed by atoms with van der Waals surface area (Å²) in [4.78, 5) is 13.0. The van der Waals surface area contributed by atoms with Gasteiger partial charge in [-0.05, 0) is 25.0 Å². The van der Waals surface area contributed by atoms with Crippen molar-refractivity contribution in [3.8, 4) is 0 Å². The van der Waals surface area contributed by atoms with Gasteiger partial charge in [-0.3, -0.25) is 14.8 Å². The zero-order valence-corrected chi connectivity index (χ0v) is 13.0. The zero-order valence-electron chi connectivity index (χ0n) is 13.0. The first-order chi connectivity index (χ1) is 11.0. The number of piperidine rings is 1. The van der Waals surface area contributed by atoms with E-state index in [1.807, 2.05) is 17.8 Å². The summed E-state index contributed by atoms with van der Waals surface area (Å²) in [5, 5.41) is 18.7. The number of rotatable bonds is 4. The Hall–Kier alpha value is -2.77. The molecule has 3 rings (SSSR count). The summed E-state index contributed by atoms with van der Waals surface area (Å²) in [5.74, 6) is 1.05. The highest BCUT2D eigenvalue weighted by Crippen LogP contribution is 2.29. The Morgan fingerprint density at radius 1 is 1.43 bits per heavy atom. The lowest BCUT2D eigenvalue weighted by molar-refractivity contribution is -0.384. The Morgan fingerprint density at radius 2 is 2.26 bits per heavy atom. The lowest BCUT2D eigenvalue weighted by Crippen LogP contribution is -2.43. The highest BCUT2D eigenvalue weighted by atomic mass is 16.6. The van der Waals surface area contributed by atoms with Crippen LogP contribution in [0.25, 0.3) is 0 Å². The van der Waals surface area contributed by atoms with Crippen LogP contribution in [-0.2, 0) is 7.05 Å². The normalized spacial score (nSPS) is 18.0. The molecule has 2 heterocycles. The number of nitro benzene ring substituents is 1. The third-order valence-corrected chi connectivity index (χ3v) is 4.12. The fourth-order valence-corrected chi connectivity index (χ4v) is 3.03. The topological polar surface area (TPSA) is 102 Å². The number of hydrogen-bond donors (Lipinski definition) is 2. The fraction of sp³-hybridized carbons (Fsp3) is 0.400. The minimum absolute atomic E-state index is 0.0526. The number of nitrogens with one attached hydrogen (secondary N) is 1. The van der Waals surface area contributed by atoms with Crippen molar-refractivity contribution in [3.63, 3.8) is 0 Å². The molecule has 0 spiro atoms. The van der Waals surface area contributed by atoms with E-state index in [9.17, 15) is 10.1 Å². The molecule has 0 saturated carbocycles. The fourth-order valence-electron chi connectivity index (χ4n) is 3.03. The monoisotopic (exact) mass is 316 g/mol. The summed E-state index contributed by atoms with van der Waals surface area (Å²) in [6.45, 7) is 1.72. The van der Waals surface area contributed by atoms with E-state index in [1.54, 1.807) is 18.3 Å². The van der Waals surface area contributed by atoms with E-state index in [0.29, 0.717) is 11.4 Å². The molecule has 1 aromatic carbocycles. The first-order valence-corrected chi connectivity index (χ1v) is 7.58. The maximum Gasteiger partial charge on any atom is 0.292 e. The van der Waals surface area contributed by atoms with Crippen molar-refractivity contribution in [3.05, 3.63) is 40.6 Å². The van der Waals surface area contributed by atoms with Gasteiger partial charge in [-0.15, -0.1) is 0 Å². The summed E-state index contributed by atoms with van der Waals surface area (Å²) < 4.78 is 1.84. The molecule has 0 radical (unpaired) electrons. The Bertz CT molecular complexity index is 714. The maximum atomic E-state index is 11.2. The second-order valence-electron chi connectivity index (χ2n) is 5.78. The number of nitrogens with two attached hydrogens (primary N) is 1. The number of anilines is 3. The molecule has 23 heavy (non-hydrogen) atoms. The Balaban J connectivity index is 1.77. The quantitative estimate of drug-likeness (QED) is 0.508. The average molecular weight is 316 g/mol. The van der Waals surface area contributed by atoms with Crippen molar-refractivity contribution < 1.29 is 4.92 Å². The predicted octanol–water partition coefficient (Wildman–Crippen LogP) is 1.99. The van der Waals surface area contributed by atoms with Gasteiger partial charge in [0.05, 0.1) is 11.1 Å². The van der Waals surface area contributed by atoms with Crippen molar-refractivity contribution in [1.82, 2.24) is 9.78 Å². The Labute approximate surface area is 134 Å². The molecule has 1 unspecified atom stereocenters. The number of nitro groups is 1. The van der Waals surface area contributed by atoms with E-state index in [-0.39, 0.29) is 16.7 Å².